The number of piperidine rings is 1. The molecule has 1 saturated carbocycles. The lowest BCUT2D eigenvalue weighted by atomic mass is 9.87. The number of alkyl halides is 3. The number of likely N-dealkylation sites (tertiary alicyclic amines) is 1. The maximum Gasteiger partial charge on any atom is 0.391 e. The van der Waals surface area contributed by atoms with E-state index in [9.17, 15) is 18.0 Å². The number of nitrogens with zero attached hydrogens (tertiary/aromatic N) is 1. The molecular weight excluding hydrogens is 443 g/mol. The smallest absolute Gasteiger partial charge is 0.391 e. The van der Waals surface area contributed by atoms with E-state index in [4.69, 9.17) is 9.47 Å². The number of halogens is 3. The first kappa shape index (κ1) is 26.3. The molecule has 1 aliphatic heterocycles. The van der Waals surface area contributed by atoms with Crippen LogP contribution < -0.4 is 0 Å². The lowest BCUT2D eigenvalue weighted by Gasteiger charge is -2.31. The van der Waals surface area contributed by atoms with Crippen molar-refractivity contribution in [2.45, 2.75) is 64.1 Å². The number of esters is 1. The molecule has 1 heterocycles. The highest BCUT2D eigenvalue weighted by Gasteiger charge is 2.41. The van der Waals surface area contributed by atoms with E-state index in [1.807, 2.05) is 19.1 Å². The van der Waals surface area contributed by atoms with Gasteiger partial charge in [0.25, 0.3) is 0 Å². The molecule has 188 valence electrons. The number of allylic oxidation sites excluding steroid dienone is 6. The van der Waals surface area contributed by atoms with Crippen LogP contribution in [0.15, 0.2) is 59.9 Å². The molecule has 0 aromatic rings. The number of carbonyl (C=O) groups excluding carboxylic acids is 1. The van der Waals surface area contributed by atoms with E-state index in [-0.39, 0.29) is 30.8 Å². The van der Waals surface area contributed by atoms with Gasteiger partial charge in [-0.3, -0.25) is 9.69 Å². The van der Waals surface area contributed by atoms with Crippen molar-refractivity contribution in [3.05, 3.63) is 59.9 Å². The van der Waals surface area contributed by atoms with E-state index in [1.54, 1.807) is 6.08 Å². The van der Waals surface area contributed by atoms with E-state index in [1.165, 1.54) is 11.1 Å². The summed E-state index contributed by atoms with van der Waals surface area (Å²) in [5.74, 6) is -0.782. The van der Waals surface area contributed by atoms with E-state index in [0.29, 0.717) is 25.2 Å². The predicted molar refractivity (Wildman–Crippen MR) is 127 cm³/mol. The Hall–Kier alpha value is -2.28. The Morgan fingerprint density at radius 3 is 2.53 bits per heavy atom. The highest BCUT2D eigenvalue weighted by molar-refractivity contribution is 5.72. The van der Waals surface area contributed by atoms with Gasteiger partial charge in [-0.2, -0.15) is 13.2 Å². The molecule has 0 aromatic heterocycles. The maximum absolute atomic E-state index is 12.8. The van der Waals surface area contributed by atoms with Gasteiger partial charge in [0.1, 0.15) is 5.76 Å². The van der Waals surface area contributed by atoms with Crippen molar-refractivity contribution in [1.82, 2.24) is 4.90 Å². The molecule has 0 atom stereocenters. The Morgan fingerprint density at radius 2 is 1.88 bits per heavy atom. The van der Waals surface area contributed by atoms with Crippen molar-refractivity contribution >= 4 is 5.97 Å². The van der Waals surface area contributed by atoms with Crippen molar-refractivity contribution in [2.24, 2.45) is 11.8 Å². The average Bonchev–Trinajstić information content (AvgIpc) is 2.80. The van der Waals surface area contributed by atoms with Crippen LogP contribution in [0.5, 0.6) is 0 Å². The molecule has 3 rings (SSSR count). The van der Waals surface area contributed by atoms with Crippen LogP contribution in [-0.2, 0) is 14.3 Å². The fraction of sp³-hybridized carbons (Fsp3) is 0.593. The summed E-state index contributed by atoms with van der Waals surface area (Å²) in [5, 5.41) is 0. The van der Waals surface area contributed by atoms with Crippen LogP contribution in [-0.4, -0.2) is 49.4 Å². The Labute approximate surface area is 200 Å². The first-order chi connectivity index (χ1) is 16.2. The number of carbonyl (C=O) groups is 1. The first-order valence-electron chi connectivity index (χ1n) is 12.3. The predicted octanol–water partition coefficient (Wildman–Crippen LogP) is 6.28. The molecule has 0 radical (unpaired) electrons. The lowest BCUT2D eigenvalue weighted by molar-refractivity contribution is -0.186. The second kappa shape index (κ2) is 12.4. The van der Waals surface area contributed by atoms with Gasteiger partial charge >= 0.3 is 12.1 Å². The summed E-state index contributed by atoms with van der Waals surface area (Å²) in [6, 6.07) is 0. The molecule has 34 heavy (non-hydrogen) atoms. The minimum absolute atomic E-state index is 0.0164. The third kappa shape index (κ3) is 8.19. The summed E-state index contributed by atoms with van der Waals surface area (Å²) in [5.41, 5.74) is 2.41. The molecule has 1 saturated heterocycles. The highest BCUT2D eigenvalue weighted by Crippen LogP contribution is 2.38. The molecule has 0 N–H and O–H groups in total. The largest absolute Gasteiger partial charge is 0.491 e. The number of hydrogen-bond donors (Lipinski definition) is 0. The van der Waals surface area contributed by atoms with Crippen LogP contribution in [0.1, 0.15) is 51.9 Å². The van der Waals surface area contributed by atoms with Gasteiger partial charge in [-0.1, -0.05) is 37.0 Å². The van der Waals surface area contributed by atoms with E-state index < -0.39 is 12.1 Å². The van der Waals surface area contributed by atoms with Crippen LogP contribution in [0.4, 0.5) is 13.2 Å². The fourth-order valence-electron chi connectivity index (χ4n) is 4.79. The minimum Gasteiger partial charge on any atom is -0.491 e. The zero-order chi connectivity index (χ0) is 24.6. The molecule has 2 aliphatic carbocycles. The first-order valence-corrected chi connectivity index (χ1v) is 12.3. The Bertz CT molecular complexity index is 825. The molecule has 0 bridgehead atoms. The Balaban J connectivity index is 1.42. The van der Waals surface area contributed by atoms with Crippen molar-refractivity contribution in [2.75, 3.05) is 26.2 Å². The topological polar surface area (TPSA) is 38.8 Å². The van der Waals surface area contributed by atoms with E-state index in [2.05, 4.69) is 29.7 Å². The zero-order valence-electron chi connectivity index (χ0n) is 20.0. The summed E-state index contributed by atoms with van der Waals surface area (Å²) in [4.78, 5) is 14.3. The average molecular weight is 480 g/mol. The number of hydrogen-bond acceptors (Lipinski definition) is 4. The molecular formula is C27H36F3NO3. The number of ether oxygens (including phenoxy) is 2. The SMILES string of the molecule is C=C(/C=C\C=C1\C=C(CN2CCC(C(=O)OCC)CC2)C=CC1)O[C@H]1CC[C@H](C(F)(F)F)CC1. The van der Waals surface area contributed by atoms with Gasteiger partial charge in [-0.25, -0.2) is 0 Å². The Morgan fingerprint density at radius 1 is 1.18 bits per heavy atom. The van der Waals surface area contributed by atoms with Gasteiger partial charge in [-0.15, -0.1) is 0 Å². The molecule has 7 heteroatoms. The summed E-state index contributed by atoms with van der Waals surface area (Å²) in [6.07, 6.45) is 11.4. The summed E-state index contributed by atoms with van der Waals surface area (Å²) < 4.78 is 49.3. The van der Waals surface area contributed by atoms with Gasteiger partial charge in [0.05, 0.1) is 24.5 Å². The van der Waals surface area contributed by atoms with Crippen LogP contribution in [0.3, 0.4) is 0 Å². The monoisotopic (exact) mass is 479 g/mol. The second-order valence-electron chi connectivity index (χ2n) is 9.33. The molecule has 4 nitrogen and oxygen atoms in total. The van der Waals surface area contributed by atoms with E-state index >= 15 is 0 Å². The highest BCUT2D eigenvalue weighted by atomic mass is 19.4. The van der Waals surface area contributed by atoms with Crippen LogP contribution in [0.2, 0.25) is 0 Å². The second-order valence-corrected chi connectivity index (χ2v) is 9.33. The van der Waals surface area contributed by atoms with Crippen molar-refractivity contribution < 1.29 is 27.4 Å². The summed E-state index contributed by atoms with van der Waals surface area (Å²) >= 11 is 0. The molecule has 2 fully saturated rings. The molecule has 0 spiro atoms. The van der Waals surface area contributed by atoms with E-state index in [0.717, 1.165) is 38.9 Å². The van der Waals surface area contributed by atoms with Crippen molar-refractivity contribution in [3.63, 3.8) is 0 Å². The fourth-order valence-corrected chi connectivity index (χ4v) is 4.79. The van der Waals surface area contributed by atoms with Gasteiger partial charge in [0.2, 0.25) is 0 Å². The lowest BCUT2D eigenvalue weighted by Crippen LogP contribution is -2.37. The van der Waals surface area contributed by atoms with Crippen LogP contribution in [0.25, 0.3) is 0 Å². The van der Waals surface area contributed by atoms with Gasteiger partial charge in [0.15, 0.2) is 0 Å². The third-order valence-corrected chi connectivity index (χ3v) is 6.72. The maximum atomic E-state index is 12.8. The zero-order valence-corrected chi connectivity index (χ0v) is 20.0. The molecule has 0 amide bonds. The molecule has 0 unspecified atom stereocenters. The summed E-state index contributed by atoms with van der Waals surface area (Å²) in [7, 11) is 0. The minimum atomic E-state index is -4.10. The van der Waals surface area contributed by atoms with Crippen molar-refractivity contribution in [1.29, 1.82) is 0 Å². The number of rotatable bonds is 8. The van der Waals surface area contributed by atoms with Gasteiger partial charge in [-0.05, 0) is 82.2 Å². The van der Waals surface area contributed by atoms with Crippen LogP contribution >= 0.6 is 0 Å². The van der Waals surface area contributed by atoms with Crippen LogP contribution in [0, 0.1) is 11.8 Å². The summed E-state index contributed by atoms with van der Waals surface area (Å²) in [6.45, 7) is 8.78. The molecule has 0 aromatic carbocycles. The standard InChI is InChI=1S/C27H36F3NO3/c1-3-33-26(32)23-14-16-31(17-15-23)19-22-9-5-8-21(18-22)7-4-6-20(2)34-25-12-10-24(11-13-25)27(28,29)30/h4-7,9,18,23-25H,2-3,8,10-17,19H2,1H3/b6-4-,21-7+/t24-,25-. The molecule has 3 aliphatic rings. The quantitative estimate of drug-likeness (QED) is 0.233. The van der Waals surface area contributed by atoms with Gasteiger partial charge < -0.3 is 9.47 Å². The Kier molecular flexibility index (Phi) is 9.63. The third-order valence-electron chi connectivity index (χ3n) is 6.72. The van der Waals surface area contributed by atoms with Gasteiger partial charge in [0, 0.05) is 6.54 Å². The normalized spacial score (nSPS) is 26.0. The van der Waals surface area contributed by atoms with Crippen molar-refractivity contribution in [3.8, 4) is 0 Å².